The van der Waals surface area contributed by atoms with Crippen LogP contribution in [0.25, 0.3) is 10.9 Å². The fraction of sp³-hybridized carbons (Fsp3) is 0.100. The molecule has 0 bridgehead atoms. The molecular weight excluding hydrogens is 202 g/mol. The van der Waals surface area contributed by atoms with Gasteiger partial charge >= 0.3 is 6.98 Å². The second-order valence-corrected chi connectivity index (χ2v) is 3.41. The van der Waals surface area contributed by atoms with Crippen molar-refractivity contribution in [3.63, 3.8) is 0 Å². The van der Waals surface area contributed by atoms with Crippen molar-refractivity contribution in [2.75, 3.05) is 0 Å². The number of benzene rings is 1. The largest absolute Gasteiger partial charge is 0.482 e. The Morgan fingerprint density at radius 3 is 2.53 bits per heavy atom. The zero-order chi connectivity index (χ0) is 10.9. The van der Waals surface area contributed by atoms with Crippen LogP contribution in [-0.2, 0) is 6.32 Å². The van der Waals surface area contributed by atoms with Gasteiger partial charge in [0.25, 0.3) is 0 Å². The molecule has 0 saturated carbocycles. The van der Waals surface area contributed by atoms with Gasteiger partial charge in [-0.15, -0.1) is 0 Å². The van der Waals surface area contributed by atoms with E-state index in [4.69, 9.17) is 0 Å². The fourth-order valence-corrected chi connectivity index (χ4v) is 1.58. The molecule has 0 spiro atoms. The van der Waals surface area contributed by atoms with Crippen LogP contribution in [0.2, 0.25) is 0 Å². The third-order valence-electron chi connectivity index (χ3n) is 2.17. The molecule has 15 heavy (non-hydrogen) atoms. The molecule has 78 valence electrons. The molecule has 0 N–H and O–H groups in total. The number of aromatic nitrogens is 1. The lowest BCUT2D eigenvalue weighted by Crippen LogP contribution is -2.19. The molecule has 1 aromatic heterocycles. The number of nitrogens with zero attached hydrogens (tertiary/aromatic N) is 1. The van der Waals surface area contributed by atoms with Crippen molar-refractivity contribution in [3.8, 4) is 0 Å². The minimum Gasteiger partial charge on any atom is -0.449 e. The standard InChI is InChI=1S/C10H8BF3N/c12-11(13,14)7-9-4-1-3-8-5-2-6-15-10(8)9/h1-6H,7H2/q-1. The summed E-state index contributed by atoms with van der Waals surface area (Å²) in [5.74, 6) is 0. The highest BCUT2D eigenvalue weighted by Gasteiger charge is 2.24. The summed E-state index contributed by atoms with van der Waals surface area (Å²) in [5, 5.41) is 0.745. The molecule has 1 aromatic carbocycles. The van der Waals surface area contributed by atoms with E-state index in [0.29, 0.717) is 5.52 Å². The molecule has 5 heteroatoms. The van der Waals surface area contributed by atoms with Crippen LogP contribution in [0, 0.1) is 0 Å². The quantitative estimate of drug-likeness (QED) is 0.693. The van der Waals surface area contributed by atoms with Gasteiger partial charge in [-0.05, 0) is 11.6 Å². The highest BCUT2D eigenvalue weighted by Crippen LogP contribution is 2.22. The topological polar surface area (TPSA) is 12.9 Å². The molecule has 0 unspecified atom stereocenters. The molecule has 0 aliphatic rings. The average molecular weight is 210 g/mol. The Bertz CT molecular complexity index is 476. The molecule has 1 nitrogen and oxygen atoms in total. The van der Waals surface area contributed by atoms with E-state index < -0.39 is 13.3 Å². The van der Waals surface area contributed by atoms with E-state index in [9.17, 15) is 12.9 Å². The number of para-hydroxylation sites is 1. The van der Waals surface area contributed by atoms with Crippen LogP contribution in [0.5, 0.6) is 0 Å². The second kappa shape index (κ2) is 3.57. The van der Waals surface area contributed by atoms with Gasteiger partial charge < -0.3 is 12.9 Å². The van der Waals surface area contributed by atoms with Crippen molar-refractivity contribution in [1.82, 2.24) is 4.98 Å². The number of hydrogen-bond donors (Lipinski definition) is 0. The summed E-state index contributed by atoms with van der Waals surface area (Å²) in [4.78, 5) is 3.98. The predicted octanol–water partition coefficient (Wildman–Crippen LogP) is 3.16. The summed E-state index contributed by atoms with van der Waals surface area (Å²) in [6.45, 7) is -4.80. The lowest BCUT2D eigenvalue weighted by atomic mass is 9.81. The first-order valence-corrected chi connectivity index (χ1v) is 4.60. The number of hydrogen-bond acceptors (Lipinski definition) is 1. The third-order valence-corrected chi connectivity index (χ3v) is 2.17. The van der Waals surface area contributed by atoms with Gasteiger partial charge in [-0.3, -0.25) is 4.98 Å². The molecular formula is C10H8BF3N-. The van der Waals surface area contributed by atoms with Crippen LogP contribution in [0.4, 0.5) is 12.9 Å². The van der Waals surface area contributed by atoms with E-state index in [-0.39, 0.29) is 5.56 Å². The normalized spacial score (nSPS) is 11.9. The molecule has 0 aliphatic carbocycles. The summed E-state index contributed by atoms with van der Waals surface area (Å²) in [7, 11) is 0. The van der Waals surface area contributed by atoms with Gasteiger partial charge in [0.2, 0.25) is 0 Å². The summed E-state index contributed by atoms with van der Waals surface area (Å²) >= 11 is 0. The smallest absolute Gasteiger partial charge is 0.449 e. The summed E-state index contributed by atoms with van der Waals surface area (Å²) in [6.07, 6.45) is 0.642. The minimum atomic E-state index is -4.80. The van der Waals surface area contributed by atoms with Crippen LogP contribution in [-0.4, -0.2) is 12.0 Å². The number of fused-ring (bicyclic) bond motifs is 1. The molecule has 2 rings (SSSR count). The predicted molar refractivity (Wildman–Crippen MR) is 54.5 cm³/mol. The molecule has 0 amide bonds. The number of halogens is 3. The Morgan fingerprint density at radius 2 is 1.80 bits per heavy atom. The van der Waals surface area contributed by atoms with Crippen molar-refractivity contribution in [2.24, 2.45) is 0 Å². The SMILES string of the molecule is F[B-](F)(F)Cc1cccc2cccnc12. The van der Waals surface area contributed by atoms with Gasteiger partial charge in [-0.1, -0.05) is 30.6 Å². The van der Waals surface area contributed by atoms with E-state index >= 15 is 0 Å². The first-order chi connectivity index (χ1) is 7.06. The van der Waals surface area contributed by atoms with Crippen LogP contribution >= 0.6 is 0 Å². The highest BCUT2D eigenvalue weighted by atomic mass is 19.4. The van der Waals surface area contributed by atoms with E-state index in [1.165, 1.54) is 12.3 Å². The van der Waals surface area contributed by atoms with Gasteiger partial charge in [0, 0.05) is 11.6 Å². The van der Waals surface area contributed by atoms with E-state index in [2.05, 4.69) is 4.98 Å². The second-order valence-electron chi connectivity index (χ2n) is 3.41. The Morgan fingerprint density at radius 1 is 1.07 bits per heavy atom. The Hall–Kier alpha value is -1.52. The van der Waals surface area contributed by atoms with Gasteiger partial charge in [0.05, 0.1) is 5.52 Å². The van der Waals surface area contributed by atoms with Gasteiger partial charge in [-0.25, -0.2) is 0 Å². The molecule has 0 fully saturated rings. The summed E-state index contributed by atoms with van der Waals surface area (Å²) < 4.78 is 36.9. The first-order valence-electron chi connectivity index (χ1n) is 4.60. The van der Waals surface area contributed by atoms with Crippen molar-refractivity contribution >= 4 is 17.9 Å². The maximum absolute atomic E-state index is 12.3. The van der Waals surface area contributed by atoms with Crippen LogP contribution < -0.4 is 0 Å². The van der Waals surface area contributed by atoms with Gasteiger partial charge in [0.1, 0.15) is 0 Å². The molecule has 0 aliphatic heterocycles. The molecule has 1 heterocycles. The maximum Gasteiger partial charge on any atom is 0.482 e. The zero-order valence-electron chi connectivity index (χ0n) is 7.83. The van der Waals surface area contributed by atoms with Crippen LogP contribution in [0.15, 0.2) is 36.5 Å². The van der Waals surface area contributed by atoms with Crippen molar-refractivity contribution in [2.45, 2.75) is 6.32 Å². The Kier molecular flexibility index (Phi) is 2.38. The van der Waals surface area contributed by atoms with Crippen LogP contribution in [0.3, 0.4) is 0 Å². The third kappa shape index (κ3) is 2.29. The Labute approximate surface area is 85.0 Å². The lowest BCUT2D eigenvalue weighted by Gasteiger charge is -2.14. The molecule has 0 saturated heterocycles. The van der Waals surface area contributed by atoms with Crippen molar-refractivity contribution in [3.05, 3.63) is 42.1 Å². The number of pyridine rings is 1. The minimum absolute atomic E-state index is 0.251. The average Bonchev–Trinajstić information content (AvgIpc) is 2.16. The van der Waals surface area contributed by atoms with E-state index in [1.54, 1.807) is 24.3 Å². The molecule has 0 radical (unpaired) electrons. The van der Waals surface area contributed by atoms with E-state index in [0.717, 1.165) is 5.39 Å². The fourth-order valence-electron chi connectivity index (χ4n) is 1.58. The van der Waals surface area contributed by atoms with Gasteiger partial charge in [0.15, 0.2) is 0 Å². The van der Waals surface area contributed by atoms with Crippen molar-refractivity contribution in [1.29, 1.82) is 0 Å². The Balaban J connectivity index is 2.52. The van der Waals surface area contributed by atoms with E-state index in [1.807, 2.05) is 0 Å². The maximum atomic E-state index is 12.3. The summed E-state index contributed by atoms with van der Waals surface area (Å²) in [5.41, 5.74) is 0.694. The summed E-state index contributed by atoms with van der Waals surface area (Å²) in [6, 6.07) is 8.33. The monoisotopic (exact) mass is 210 g/mol. The molecule has 2 aromatic rings. The first kappa shape index (κ1) is 10.0. The highest BCUT2D eigenvalue weighted by molar-refractivity contribution is 6.58. The van der Waals surface area contributed by atoms with Crippen molar-refractivity contribution < 1.29 is 12.9 Å². The number of rotatable bonds is 2. The van der Waals surface area contributed by atoms with Crippen LogP contribution in [0.1, 0.15) is 5.56 Å². The molecule has 0 atom stereocenters. The van der Waals surface area contributed by atoms with Gasteiger partial charge in [-0.2, -0.15) is 0 Å². The zero-order valence-corrected chi connectivity index (χ0v) is 7.83. The lowest BCUT2D eigenvalue weighted by molar-refractivity contribution is 0.469.